The Bertz CT molecular complexity index is 1210. The molecule has 170 valence electrons. The first-order chi connectivity index (χ1) is 16.1. The molecule has 0 saturated heterocycles. The van der Waals surface area contributed by atoms with Crippen LogP contribution in [-0.4, -0.2) is 30.6 Å². The van der Waals surface area contributed by atoms with E-state index >= 15 is 0 Å². The Balaban J connectivity index is 1.48. The number of aromatic nitrogens is 1. The second kappa shape index (κ2) is 10.2. The highest BCUT2D eigenvalue weighted by molar-refractivity contribution is 6.05. The molecule has 6 nitrogen and oxygen atoms in total. The maximum atomic E-state index is 12.6. The van der Waals surface area contributed by atoms with Crippen LogP contribution in [0.15, 0.2) is 71.1 Å². The molecule has 0 aliphatic rings. The van der Waals surface area contributed by atoms with E-state index in [0.717, 1.165) is 30.8 Å². The van der Waals surface area contributed by atoms with Crippen molar-refractivity contribution in [3.8, 4) is 17.2 Å². The van der Waals surface area contributed by atoms with E-state index in [2.05, 4.69) is 48.1 Å². The normalized spacial score (nSPS) is 10.9. The lowest BCUT2D eigenvalue weighted by Crippen LogP contribution is -2.21. The fraction of sp³-hybridized carbons (Fsp3) is 0.259. The van der Waals surface area contributed by atoms with Gasteiger partial charge in [0.1, 0.15) is 11.3 Å². The standard InChI is InChI=1S/C27H29N3O3/c1-4-17-32-23-14-9-19(10-15-23)26(31)28-21-11-16-25-24(18-21)29-27(33-25)20-7-12-22(13-8-20)30(5-2)6-3/h7-16,18H,4-6,17H2,1-3H3,(H,28,31). The van der Waals surface area contributed by atoms with Crippen molar-refractivity contribution in [2.75, 3.05) is 29.9 Å². The lowest BCUT2D eigenvalue weighted by molar-refractivity contribution is 0.102. The van der Waals surface area contributed by atoms with Crippen LogP contribution in [0.25, 0.3) is 22.6 Å². The number of carbonyl (C=O) groups excluding carboxylic acids is 1. The van der Waals surface area contributed by atoms with Gasteiger partial charge in [-0.25, -0.2) is 4.98 Å². The van der Waals surface area contributed by atoms with Gasteiger partial charge in [0.05, 0.1) is 6.61 Å². The molecular weight excluding hydrogens is 414 g/mol. The fourth-order valence-electron chi connectivity index (χ4n) is 3.66. The minimum atomic E-state index is -0.188. The Labute approximate surface area is 194 Å². The molecule has 6 heteroatoms. The average Bonchev–Trinajstić information content (AvgIpc) is 3.28. The van der Waals surface area contributed by atoms with Crippen LogP contribution in [0.2, 0.25) is 0 Å². The van der Waals surface area contributed by atoms with E-state index in [4.69, 9.17) is 9.15 Å². The Hall–Kier alpha value is -3.80. The Morgan fingerprint density at radius 1 is 0.970 bits per heavy atom. The molecule has 0 spiro atoms. The Kier molecular flexibility index (Phi) is 6.93. The number of rotatable bonds is 9. The smallest absolute Gasteiger partial charge is 0.255 e. The minimum Gasteiger partial charge on any atom is -0.494 e. The summed E-state index contributed by atoms with van der Waals surface area (Å²) in [6.07, 6.45) is 0.941. The summed E-state index contributed by atoms with van der Waals surface area (Å²) in [6.45, 7) is 8.93. The molecule has 1 aromatic heterocycles. The summed E-state index contributed by atoms with van der Waals surface area (Å²) < 4.78 is 11.5. The maximum absolute atomic E-state index is 12.6. The third-order valence-corrected chi connectivity index (χ3v) is 5.48. The first-order valence-electron chi connectivity index (χ1n) is 11.4. The van der Waals surface area contributed by atoms with Crippen LogP contribution in [0, 0.1) is 0 Å². The molecule has 0 aliphatic heterocycles. The van der Waals surface area contributed by atoms with Gasteiger partial charge in [-0.2, -0.15) is 0 Å². The fourth-order valence-corrected chi connectivity index (χ4v) is 3.66. The van der Waals surface area contributed by atoms with Crippen LogP contribution in [0.5, 0.6) is 5.75 Å². The summed E-state index contributed by atoms with van der Waals surface area (Å²) in [5.74, 6) is 1.13. The van der Waals surface area contributed by atoms with Crippen molar-refractivity contribution < 1.29 is 13.9 Å². The summed E-state index contributed by atoms with van der Waals surface area (Å²) >= 11 is 0. The van der Waals surface area contributed by atoms with E-state index in [1.165, 1.54) is 5.69 Å². The molecular formula is C27H29N3O3. The van der Waals surface area contributed by atoms with Crippen molar-refractivity contribution in [2.24, 2.45) is 0 Å². The lowest BCUT2D eigenvalue weighted by atomic mass is 10.2. The summed E-state index contributed by atoms with van der Waals surface area (Å²) in [6, 6.07) is 20.8. The molecule has 0 atom stereocenters. The molecule has 3 aromatic carbocycles. The van der Waals surface area contributed by atoms with Gasteiger partial charge in [-0.15, -0.1) is 0 Å². The number of amides is 1. The van der Waals surface area contributed by atoms with Crippen LogP contribution >= 0.6 is 0 Å². The van der Waals surface area contributed by atoms with Crippen LogP contribution < -0.4 is 15.0 Å². The highest BCUT2D eigenvalue weighted by atomic mass is 16.5. The van der Waals surface area contributed by atoms with E-state index in [0.29, 0.717) is 34.8 Å². The number of hydrogen-bond acceptors (Lipinski definition) is 5. The van der Waals surface area contributed by atoms with Crippen LogP contribution in [0.1, 0.15) is 37.6 Å². The van der Waals surface area contributed by atoms with Gasteiger partial charge in [0.15, 0.2) is 5.58 Å². The predicted octanol–water partition coefficient (Wildman–Crippen LogP) is 6.38. The van der Waals surface area contributed by atoms with Gasteiger partial charge in [-0.05, 0) is 87.0 Å². The van der Waals surface area contributed by atoms with Crippen molar-refractivity contribution in [3.05, 3.63) is 72.3 Å². The molecule has 4 aromatic rings. The zero-order valence-electron chi connectivity index (χ0n) is 19.3. The number of fused-ring (bicyclic) bond motifs is 1. The molecule has 1 amide bonds. The SMILES string of the molecule is CCCOc1ccc(C(=O)Nc2ccc3oc(-c4ccc(N(CC)CC)cc4)nc3c2)cc1. The number of oxazole rings is 1. The third kappa shape index (κ3) is 5.17. The highest BCUT2D eigenvalue weighted by Gasteiger charge is 2.12. The molecule has 0 saturated carbocycles. The number of hydrogen-bond donors (Lipinski definition) is 1. The van der Waals surface area contributed by atoms with Gasteiger partial charge in [0.25, 0.3) is 5.91 Å². The third-order valence-electron chi connectivity index (χ3n) is 5.48. The number of benzene rings is 3. The van der Waals surface area contributed by atoms with Gasteiger partial charge >= 0.3 is 0 Å². The molecule has 0 radical (unpaired) electrons. The van der Waals surface area contributed by atoms with Crippen LogP contribution in [0.4, 0.5) is 11.4 Å². The van der Waals surface area contributed by atoms with Crippen molar-refractivity contribution in [1.29, 1.82) is 0 Å². The van der Waals surface area contributed by atoms with E-state index in [1.807, 2.05) is 42.5 Å². The molecule has 0 bridgehead atoms. The van der Waals surface area contributed by atoms with Crippen molar-refractivity contribution >= 4 is 28.4 Å². The highest BCUT2D eigenvalue weighted by Crippen LogP contribution is 2.28. The van der Waals surface area contributed by atoms with E-state index in [1.54, 1.807) is 12.1 Å². The monoisotopic (exact) mass is 443 g/mol. The average molecular weight is 444 g/mol. The topological polar surface area (TPSA) is 67.6 Å². The van der Waals surface area contributed by atoms with E-state index < -0.39 is 0 Å². The second-order valence-electron chi connectivity index (χ2n) is 7.75. The number of ether oxygens (including phenoxy) is 1. The van der Waals surface area contributed by atoms with Crippen molar-refractivity contribution in [3.63, 3.8) is 0 Å². The summed E-state index contributed by atoms with van der Waals surface area (Å²) in [5.41, 5.74) is 4.68. The summed E-state index contributed by atoms with van der Waals surface area (Å²) in [4.78, 5) is 19.6. The first-order valence-corrected chi connectivity index (χ1v) is 11.4. The lowest BCUT2D eigenvalue weighted by Gasteiger charge is -2.20. The largest absolute Gasteiger partial charge is 0.494 e. The van der Waals surface area contributed by atoms with Crippen molar-refractivity contribution in [1.82, 2.24) is 4.98 Å². The van der Waals surface area contributed by atoms with Crippen molar-refractivity contribution in [2.45, 2.75) is 27.2 Å². The first kappa shape index (κ1) is 22.4. The zero-order valence-corrected chi connectivity index (χ0v) is 19.3. The van der Waals surface area contributed by atoms with E-state index in [9.17, 15) is 4.79 Å². The number of carbonyl (C=O) groups is 1. The molecule has 1 N–H and O–H groups in total. The molecule has 1 heterocycles. The zero-order chi connectivity index (χ0) is 23.2. The maximum Gasteiger partial charge on any atom is 0.255 e. The van der Waals surface area contributed by atoms with Gasteiger partial charge < -0.3 is 19.4 Å². The van der Waals surface area contributed by atoms with Gasteiger partial charge in [-0.3, -0.25) is 4.79 Å². The Morgan fingerprint density at radius 2 is 1.70 bits per heavy atom. The summed E-state index contributed by atoms with van der Waals surface area (Å²) in [7, 11) is 0. The Morgan fingerprint density at radius 3 is 2.36 bits per heavy atom. The van der Waals surface area contributed by atoms with Gasteiger partial charge in [0.2, 0.25) is 5.89 Å². The van der Waals surface area contributed by atoms with Gasteiger partial charge in [0, 0.05) is 35.6 Å². The van der Waals surface area contributed by atoms with E-state index in [-0.39, 0.29) is 5.91 Å². The van der Waals surface area contributed by atoms with Gasteiger partial charge in [-0.1, -0.05) is 6.92 Å². The second-order valence-corrected chi connectivity index (χ2v) is 7.75. The number of nitrogens with zero attached hydrogens (tertiary/aromatic N) is 2. The van der Waals surface area contributed by atoms with Crippen LogP contribution in [0.3, 0.4) is 0 Å². The summed E-state index contributed by atoms with van der Waals surface area (Å²) in [5, 5.41) is 2.93. The van der Waals surface area contributed by atoms with Crippen LogP contribution in [-0.2, 0) is 0 Å². The molecule has 4 rings (SSSR count). The molecule has 0 fully saturated rings. The quantitative estimate of drug-likeness (QED) is 0.325. The molecule has 0 aliphatic carbocycles. The molecule has 33 heavy (non-hydrogen) atoms. The predicted molar refractivity (Wildman–Crippen MR) is 133 cm³/mol. The minimum absolute atomic E-state index is 0.188. The number of anilines is 2. The molecule has 0 unspecified atom stereocenters. The number of nitrogens with one attached hydrogen (secondary N) is 1.